The van der Waals surface area contributed by atoms with E-state index in [2.05, 4.69) is 9.88 Å². The molecule has 0 unspecified atom stereocenters. The van der Waals surface area contributed by atoms with Crippen LogP contribution in [0.1, 0.15) is 23.9 Å². The molecule has 0 N–H and O–H groups in total. The van der Waals surface area contributed by atoms with Gasteiger partial charge in [0.05, 0.1) is 12.3 Å². The molecule has 0 saturated carbocycles. The molecule has 1 aliphatic heterocycles. The minimum absolute atomic E-state index is 0.115. The van der Waals surface area contributed by atoms with Gasteiger partial charge in [0.25, 0.3) is 5.19 Å². The summed E-state index contributed by atoms with van der Waals surface area (Å²) in [6, 6.07) is 0. The molecule has 0 saturated heterocycles. The van der Waals surface area contributed by atoms with Gasteiger partial charge >= 0.3 is 0 Å². The smallest absolute Gasteiger partial charge is 0.273 e. The maximum Gasteiger partial charge on any atom is 0.273 e. The van der Waals surface area contributed by atoms with Gasteiger partial charge in [0.15, 0.2) is 6.29 Å². The molecular weight excluding hydrogens is 264 g/mol. The van der Waals surface area contributed by atoms with Crippen LogP contribution in [0, 0.1) is 0 Å². The van der Waals surface area contributed by atoms with Crippen LogP contribution >= 0.6 is 11.3 Å². The Kier molecular flexibility index (Phi) is 5.57. The van der Waals surface area contributed by atoms with Crippen LogP contribution in [-0.4, -0.2) is 50.1 Å². The fourth-order valence-corrected chi connectivity index (χ4v) is 3.19. The Morgan fingerprint density at radius 2 is 2.16 bits per heavy atom. The molecule has 1 aromatic rings. The summed E-state index contributed by atoms with van der Waals surface area (Å²) in [4.78, 5) is 8.31. The Bertz CT molecular complexity index is 393. The first-order valence-corrected chi connectivity index (χ1v) is 7.47. The number of hydrogen-bond donors (Lipinski definition) is 0. The minimum atomic E-state index is -0.115. The number of ether oxygens (including phenoxy) is 3. The van der Waals surface area contributed by atoms with Crippen molar-refractivity contribution in [3.8, 4) is 5.19 Å². The highest BCUT2D eigenvalue weighted by Crippen LogP contribution is 2.29. The topological polar surface area (TPSA) is 43.8 Å². The highest BCUT2D eigenvalue weighted by atomic mass is 32.1. The van der Waals surface area contributed by atoms with Gasteiger partial charge < -0.3 is 14.2 Å². The Morgan fingerprint density at radius 3 is 2.84 bits per heavy atom. The van der Waals surface area contributed by atoms with E-state index in [1.54, 1.807) is 25.6 Å². The molecule has 19 heavy (non-hydrogen) atoms. The Labute approximate surface area is 118 Å². The first-order chi connectivity index (χ1) is 9.26. The van der Waals surface area contributed by atoms with E-state index in [4.69, 9.17) is 14.2 Å². The number of hydrogen-bond acceptors (Lipinski definition) is 6. The highest BCUT2D eigenvalue weighted by Gasteiger charge is 2.21. The number of fused-ring (bicyclic) bond motifs is 1. The summed E-state index contributed by atoms with van der Waals surface area (Å²) in [5.74, 6) is 0. The van der Waals surface area contributed by atoms with E-state index in [-0.39, 0.29) is 6.29 Å². The van der Waals surface area contributed by atoms with Crippen LogP contribution in [-0.2, 0) is 22.4 Å². The molecule has 0 aromatic carbocycles. The van der Waals surface area contributed by atoms with Gasteiger partial charge in [-0.3, -0.25) is 4.90 Å². The molecule has 0 atom stereocenters. The number of nitrogens with zero attached hydrogens (tertiary/aromatic N) is 2. The van der Waals surface area contributed by atoms with Crippen molar-refractivity contribution in [1.82, 2.24) is 9.88 Å². The summed E-state index contributed by atoms with van der Waals surface area (Å²) < 4.78 is 15.9. The zero-order chi connectivity index (χ0) is 13.7. The van der Waals surface area contributed by atoms with Gasteiger partial charge in [-0.05, 0) is 13.3 Å². The van der Waals surface area contributed by atoms with E-state index in [9.17, 15) is 0 Å². The lowest BCUT2D eigenvalue weighted by Crippen LogP contribution is -2.33. The van der Waals surface area contributed by atoms with Gasteiger partial charge in [-0.15, -0.1) is 0 Å². The van der Waals surface area contributed by atoms with Crippen LogP contribution in [0.5, 0.6) is 5.19 Å². The van der Waals surface area contributed by atoms with Crippen LogP contribution in [0.15, 0.2) is 0 Å². The SMILES string of the molecule is CCOc1nc2c(s1)CCN(CCC(OC)OC)C2. The summed E-state index contributed by atoms with van der Waals surface area (Å²) in [5, 5.41) is 0.806. The van der Waals surface area contributed by atoms with E-state index >= 15 is 0 Å². The third kappa shape index (κ3) is 3.89. The van der Waals surface area contributed by atoms with Crippen LogP contribution < -0.4 is 4.74 Å². The molecule has 1 aliphatic rings. The first kappa shape index (κ1) is 14.7. The monoisotopic (exact) mass is 286 g/mol. The lowest BCUT2D eigenvalue weighted by Gasteiger charge is -2.26. The summed E-state index contributed by atoms with van der Waals surface area (Å²) in [6.07, 6.45) is 1.82. The molecule has 0 bridgehead atoms. The molecular formula is C13H22N2O3S. The van der Waals surface area contributed by atoms with Crippen LogP contribution in [0.3, 0.4) is 0 Å². The van der Waals surface area contributed by atoms with Gasteiger partial charge in [0.1, 0.15) is 0 Å². The fourth-order valence-electron chi connectivity index (χ4n) is 2.23. The molecule has 6 heteroatoms. The number of thiazole rings is 1. The van der Waals surface area contributed by atoms with E-state index < -0.39 is 0 Å². The van der Waals surface area contributed by atoms with Crippen LogP contribution in [0.4, 0.5) is 0 Å². The predicted molar refractivity (Wildman–Crippen MR) is 74.7 cm³/mol. The molecule has 0 fully saturated rings. The zero-order valence-electron chi connectivity index (χ0n) is 11.8. The second-order valence-corrected chi connectivity index (χ2v) is 5.54. The third-order valence-corrected chi connectivity index (χ3v) is 4.33. The fraction of sp³-hybridized carbons (Fsp3) is 0.769. The summed E-state index contributed by atoms with van der Waals surface area (Å²) >= 11 is 1.69. The van der Waals surface area contributed by atoms with Crippen molar-refractivity contribution in [3.05, 3.63) is 10.6 Å². The van der Waals surface area contributed by atoms with Gasteiger partial charge in [0, 0.05) is 45.2 Å². The number of rotatable bonds is 7. The van der Waals surface area contributed by atoms with Crippen molar-refractivity contribution < 1.29 is 14.2 Å². The molecule has 0 spiro atoms. The maximum absolute atomic E-state index is 5.48. The molecule has 1 aromatic heterocycles. The quantitative estimate of drug-likeness (QED) is 0.716. The van der Waals surface area contributed by atoms with Crippen molar-refractivity contribution >= 4 is 11.3 Å². The van der Waals surface area contributed by atoms with Crippen molar-refractivity contribution in [2.75, 3.05) is 33.9 Å². The normalized spacial score (nSPS) is 15.8. The first-order valence-electron chi connectivity index (χ1n) is 6.66. The molecule has 0 radical (unpaired) electrons. The predicted octanol–water partition coefficient (Wildman–Crippen LogP) is 1.91. The lowest BCUT2D eigenvalue weighted by atomic mass is 10.2. The second kappa shape index (κ2) is 7.19. The Morgan fingerprint density at radius 1 is 1.37 bits per heavy atom. The molecule has 0 aliphatic carbocycles. The molecule has 2 rings (SSSR count). The molecule has 5 nitrogen and oxygen atoms in total. The molecule has 108 valence electrons. The Balaban J connectivity index is 1.87. The van der Waals surface area contributed by atoms with E-state index in [0.29, 0.717) is 6.61 Å². The lowest BCUT2D eigenvalue weighted by molar-refractivity contribution is -0.109. The van der Waals surface area contributed by atoms with Gasteiger partial charge in [-0.25, -0.2) is 4.98 Å². The Hall–Kier alpha value is -0.690. The van der Waals surface area contributed by atoms with Crippen molar-refractivity contribution in [3.63, 3.8) is 0 Å². The van der Waals surface area contributed by atoms with Crippen LogP contribution in [0.2, 0.25) is 0 Å². The second-order valence-electron chi connectivity index (χ2n) is 4.50. The average molecular weight is 286 g/mol. The minimum Gasteiger partial charge on any atom is -0.470 e. The van der Waals surface area contributed by atoms with E-state index in [1.807, 2.05) is 6.92 Å². The highest BCUT2D eigenvalue weighted by molar-refractivity contribution is 7.13. The largest absolute Gasteiger partial charge is 0.470 e. The number of methoxy groups -OCH3 is 2. The number of aromatic nitrogens is 1. The molecule has 0 amide bonds. The van der Waals surface area contributed by atoms with E-state index in [1.165, 1.54) is 10.6 Å². The summed E-state index contributed by atoms with van der Waals surface area (Å²) in [6.45, 7) is 5.61. The van der Waals surface area contributed by atoms with E-state index in [0.717, 1.165) is 37.7 Å². The summed E-state index contributed by atoms with van der Waals surface area (Å²) in [5.41, 5.74) is 1.17. The third-order valence-electron chi connectivity index (χ3n) is 3.26. The van der Waals surface area contributed by atoms with Crippen molar-refractivity contribution in [2.45, 2.75) is 32.6 Å². The van der Waals surface area contributed by atoms with Gasteiger partial charge in [-0.1, -0.05) is 11.3 Å². The maximum atomic E-state index is 5.48. The van der Waals surface area contributed by atoms with Crippen molar-refractivity contribution in [1.29, 1.82) is 0 Å². The standard InChI is InChI=1S/C13H22N2O3S/c1-4-18-13-14-10-9-15(7-5-11(10)19-13)8-6-12(16-2)17-3/h12H,4-9H2,1-3H3. The van der Waals surface area contributed by atoms with Gasteiger partial charge in [0.2, 0.25) is 0 Å². The zero-order valence-corrected chi connectivity index (χ0v) is 12.7. The average Bonchev–Trinajstić information content (AvgIpc) is 2.82. The van der Waals surface area contributed by atoms with Gasteiger partial charge in [-0.2, -0.15) is 0 Å². The van der Waals surface area contributed by atoms with Crippen LogP contribution in [0.25, 0.3) is 0 Å². The summed E-state index contributed by atoms with van der Waals surface area (Å²) in [7, 11) is 3.36. The molecule has 2 heterocycles. The van der Waals surface area contributed by atoms with Crippen molar-refractivity contribution in [2.24, 2.45) is 0 Å².